The van der Waals surface area contributed by atoms with Crippen LogP contribution in [0.5, 0.6) is 5.75 Å². The van der Waals surface area contributed by atoms with Gasteiger partial charge in [-0.05, 0) is 67.9 Å². The Kier molecular flexibility index (Phi) is 6.35. The summed E-state index contributed by atoms with van der Waals surface area (Å²) in [6.07, 6.45) is 2.34. The minimum atomic E-state index is -0.258. The topological polar surface area (TPSA) is 67.6 Å². The fraction of sp³-hybridized carbons (Fsp3) is 0.304. The van der Waals surface area contributed by atoms with E-state index in [0.29, 0.717) is 17.3 Å². The van der Waals surface area contributed by atoms with Crippen molar-refractivity contribution in [3.05, 3.63) is 70.9 Å². The molecule has 0 radical (unpaired) electrons. The zero-order chi connectivity index (χ0) is 20.9. The van der Waals surface area contributed by atoms with E-state index in [1.165, 1.54) is 12.8 Å². The molecule has 1 saturated heterocycles. The lowest BCUT2D eigenvalue weighted by atomic mass is 10.0. The number of aromatic nitrogens is 1. The van der Waals surface area contributed by atoms with Crippen LogP contribution in [0.3, 0.4) is 0 Å². The van der Waals surface area contributed by atoms with Crippen molar-refractivity contribution >= 4 is 17.5 Å². The Morgan fingerprint density at radius 2 is 1.97 bits per heavy atom. The van der Waals surface area contributed by atoms with Crippen molar-refractivity contribution in [1.82, 2.24) is 15.4 Å². The first-order valence-corrected chi connectivity index (χ1v) is 10.4. The van der Waals surface area contributed by atoms with Gasteiger partial charge in [0.25, 0.3) is 5.91 Å². The summed E-state index contributed by atoms with van der Waals surface area (Å²) >= 11 is 5.93. The van der Waals surface area contributed by atoms with Gasteiger partial charge in [0, 0.05) is 23.2 Å². The minimum Gasteiger partial charge on any atom is -0.497 e. The maximum absolute atomic E-state index is 12.7. The molecule has 1 aromatic heterocycles. The number of methoxy groups -OCH3 is 1. The summed E-state index contributed by atoms with van der Waals surface area (Å²) < 4.78 is 10.7. The van der Waals surface area contributed by atoms with Gasteiger partial charge in [-0.2, -0.15) is 0 Å². The van der Waals surface area contributed by atoms with Gasteiger partial charge in [0.2, 0.25) is 0 Å². The Morgan fingerprint density at radius 1 is 1.20 bits per heavy atom. The van der Waals surface area contributed by atoms with Crippen molar-refractivity contribution in [3.63, 3.8) is 0 Å². The molecule has 0 unspecified atom stereocenters. The number of hydrogen-bond acceptors (Lipinski definition) is 5. The van der Waals surface area contributed by atoms with Gasteiger partial charge >= 0.3 is 0 Å². The second-order valence-corrected chi connectivity index (χ2v) is 7.77. The molecule has 0 saturated carbocycles. The Balaban J connectivity index is 1.46. The molecule has 2 aromatic carbocycles. The lowest BCUT2D eigenvalue weighted by Crippen LogP contribution is -2.36. The zero-order valence-corrected chi connectivity index (χ0v) is 17.6. The highest BCUT2D eigenvalue weighted by Gasteiger charge is 2.25. The number of nitrogens with one attached hydrogen (secondary N) is 1. The lowest BCUT2D eigenvalue weighted by Gasteiger charge is -2.28. The molecule has 30 heavy (non-hydrogen) atoms. The third kappa shape index (κ3) is 4.66. The molecule has 6 nitrogen and oxygen atoms in total. The molecule has 1 aliphatic heterocycles. The molecule has 1 atom stereocenters. The molecule has 1 aliphatic rings. The number of likely N-dealkylation sites (tertiary alicyclic amines) is 1. The van der Waals surface area contributed by atoms with Crippen LogP contribution in [0.1, 0.15) is 34.9 Å². The van der Waals surface area contributed by atoms with Crippen molar-refractivity contribution in [2.45, 2.75) is 18.9 Å². The van der Waals surface area contributed by atoms with Crippen LogP contribution in [0.15, 0.2) is 59.1 Å². The van der Waals surface area contributed by atoms with Gasteiger partial charge in [0.15, 0.2) is 11.5 Å². The van der Waals surface area contributed by atoms with Crippen LogP contribution >= 0.6 is 11.6 Å². The monoisotopic (exact) mass is 425 g/mol. The summed E-state index contributed by atoms with van der Waals surface area (Å²) in [5.74, 6) is 1.08. The van der Waals surface area contributed by atoms with E-state index in [0.717, 1.165) is 30.0 Å². The number of carbonyl (C=O) groups excluding carboxylic acids is 1. The maximum Gasteiger partial charge on any atom is 0.273 e. The van der Waals surface area contributed by atoms with Crippen LogP contribution in [0.25, 0.3) is 11.3 Å². The van der Waals surface area contributed by atoms with Crippen LogP contribution < -0.4 is 10.1 Å². The average molecular weight is 426 g/mol. The predicted molar refractivity (Wildman–Crippen MR) is 116 cm³/mol. The van der Waals surface area contributed by atoms with Gasteiger partial charge in [0.1, 0.15) is 5.75 Å². The first-order valence-electron chi connectivity index (χ1n) is 10.0. The van der Waals surface area contributed by atoms with E-state index >= 15 is 0 Å². The third-order valence-electron chi connectivity index (χ3n) is 5.39. The summed E-state index contributed by atoms with van der Waals surface area (Å²) in [5.41, 5.74) is 2.20. The highest BCUT2D eigenvalue weighted by atomic mass is 35.5. The Hall–Kier alpha value is -2.83. The van der Waals surface area contributed by atoms with Gasteiger partial charge in [-0.3, -0.25) is 9.69 Å². The SMILES string of the molecule is COc1cccc([C@@H](CNC(=O)c2cc(-c3ccc(Cl)cc3)on2)N2CCCC2)c1. The van der Waals surface area contributed by atoms with Crippen LogP contribution in [-0.2, 0) is 0 Å². The second-order valence-electron chi connectivity index (χ2n) is 7.33. The number of rotatable bonds is 7. The van der Waals surface area contributed by atoms with Crippen molar-refractivity contribution in [2.24, 2.45) is 0 Å². The van der Waals surface area contributed by atoms with Crippen LogP contribution in [0.2, 0.25) is 5.02 Å². The van der Waals surface area contributed by atoms with Crippen molar-refractivity contribution < 1.29 is 14.1 Å². The van der Waals surface area contributed by atoms with E-state index in [-0.39, 0.29) is 17.6 Å². The number of amides is 1. The van der Waals surface area contributed by atoms with Crippen molar-refractivity contribution in [2.75, 3.05) is 26.7 Å². The maximum atomic E-state index is 12.7. The minimum absolute atomic E-state index is 0.0780. The molecule has 7 heteroatoms. The number of ether oxygens (including phenoxy) is 1. The summed E-state index contributed by atoms with van der Waals surface area (Å²) in [6, 6.07) is 16.9. The van der Waals surface area contributed by atoms with Crippen molar-refractivity contribution in [1.29, 1.82) is 0 Å². The lowest BCUT2D eigenvalue weighted by molar-refractivity contribution is 0.0929. The normalized spacial score (nSPS) is 15.1. The number of carbonyl (C=O) groups is 1. The average Bonchev–Trinajstić information content (AvgIpc) is 3.47. The quantitative estimate of drug-likeness (QED) is 0.600. The van der Waals surface area contributed by atoms with E-state index in [1.54, 1.807) is 25.3 Å². The largest absolute Gasteiger partial charge is 0.497 e. The van der Waals surface area contributed by atoms with Gasteiger partial charge in [-0.15, -0.1) is 0 Å². The number of hydrogen-bond donors (Lipinski definition) is 1. The molecule has 1 fully saturated rings. The summed E-state index contributed by atoms with van der Waals surface area (Å²) in [7, 11) is 1.66. The van der Waals surface area contributed by atoms with Crippen LogP contribution in [-0.4, -0.2) is 42.7 Å². The molecule has 156 valence electrons. The van der Waals surface area contributed by atoms with Gasteiger partial charge in [-0.25, -0.2) is 0 Å². The summed E-state index contributed by atoms with van der Waals surface area (Å²) in [4.78, 5) is 15.1. The molecular formula is C23H24ClN3O3. The molecule has 4 rings (SSSR count). The number of halogens is 1. The first kappa shape index (κ1) is 20.4. The first-order chi connectivity index (χ1) is 14.6. The Morgan fingerprint density at radius 3 is 2.70 bits per heavy atom. The predicted octanol–water partition coefficient (Wildman–Crippen LogP) is 4.57. The molecule has 3 aromatic rings. The molecule has 1 N–H and O–H groups in total. The smallest absolute Gasteiger partial charge is 0.273 e. The number of nitrogens with zero attached hydrogens (tertiary/aromatic N) is 2. The molecule has 0 spiro atoms. The van der Waals surface area contributed by atoms with E-state index in [2.05, 4.69) is 21.4 Å². The van der Waals surface area contributed by atoms with Crippen LogP contribution in [0, 0.1) is 0 Å². The van der Waals surface area contributed by atoms with E-state index in [9.17, 15) is 4.79 Å². The Bertz CT molecular complexity index is 997. The van der Waals surface area contributed by atoms with Crippen molar-refractivity contribution in [3.8, 4) is 17.1 Å². The third-order valence-corrected chi connectivity index (χ3v) is 5.64. The molecule has 0 bridgehead atoms. The molecule has 0 aliphatic carbocycles. The molecular weight excluding hydrogens is 402 g/mol. The fourth-order valence-electron chi connectivity index (χ4n) is 3.77. The second kappa shape index (κ2) is 9.32. The Labute approximate surface area is 180 Å². The van der Waals surface area contributed by atoms with E-state index in [1.807, 2.05) is 30.3 Å². The summed E-state index contributed by atoms with van der Waals surface area (Å²) in [5, 5.41) is 7.60. The van der Waals surface area contributed by atoms with E-state index < -0.39 is 0 Å². The standard InChI is InChI=1S/C23H24ClN3O3/c1-29-19-6-4-5-17(13-19)21(27-11-2-3-12-27)15-25-23(28)20-14-22(30-26-20)16-7-9-18(24)10-8-16/h4-10,13-14,21H,2-3,11-12,15H2,1H3,(H,25,28)/t21-/m1/s1. The fourth-order valence-corrected chi connectivity index (χ4v) is 3.90. The van der Waals surface area contributed by atoms with Gasteiger partial charge < -0.3 is 14.6 Å². The highest BCUT2D eigenvalue weighted by Crippen LogP contribution is 2.27. The van der Waals surface area contributed by atoms with Gasteiger partial charge in [0.05, 0.1) is 13.2 Å². The molecule has 2 heterocycles. The molecule has 1 amide bonds. The van der Waals surface area contributed by atoms with Gasteiger partial charge in [-0.1, -0.05) is 28.9 Å². The highest BCUT2D eigenvalue weighted by molar-refractivity contribution is 6.30. The summed E-state index contributed by atoms with van der Waals surface area (Å²) in [6.45, 7) is 2.51. The number of benzene rings is 2. The van der Waals surface area contributed by atoms with Crippen LogP contribution in [0.4, 0.5) is 0 Å². The van der Waals surface area contributed by atoms with E-state index in [4.69, 9.17) is 20.9 Å². The zero-order valence-electron chi connectivity index (χ0n) is 16.8.